The number of imidazole rings is 1. The fourth-order valence-corrected chi connectivity index (χ4v) is 2.81. The van der Waals surface area contributed by atoms with Crippen molar-refractivity contribution in [3.63, 3.8) is 0 Å². The minimum atomic E-state index is -0.167. The summed E-state index contributed by atoms with van der Waals surface area (Å²) in [6.07, 6.45) is 3.95. The van der Waals surface area contributed by atoms with E-state index in [1.165, 1.54) is 5.56 Å². The Morgan fingerprint density at radius 2 is 2.16 bits per heavy atom. The molecule has 0 atom stereocenters. The molecule has 0 radical (unpaired) electrons. The lowest BCUT2D eigenvalue weighted by Crippen LogP contribution is -2.28. The number of nitrogens with zero attached hydrogens (tertiary/aromatic N) is 4. The summed E-state index contributed by atoms with van der Waals surface area (Å²) in [5.74, 6) is -0.167. The fraction of sp³-hybridized carbons (Fsp3) is 0.312. The molecule has 0 aliphatic carbocycles. The number of hydrogen-bond acceptors (Lipinski definition) is 4. The Labute approximate surface area is 157 Å². The molecule has 4 heterocycles. The molecule has 0 fully saturated rings. The molecule has 0 aromatic carbocycles. The molecule has 1 amide bonds. The zero-order valence-electron chi connectivity index (χ0n) is 13.7. The summed E-state index contributed by atoms with van der Waals surface area (Å²) in [5, 5.41) is 10.5. The van der Waals surface area contributed by atoms with Gasteiger partial charge in [0.25, 0.3) is 5.91 Å². The van der Waals surface area contributed by atoms with Gasteiger partial charge in [-0.05, 0) is 24.6 Å². The van der Waals surface area contributed by atoms with Crippen LogP contribution in [0.25, 0.3) is 5.65 Å². The van der Waals surface area contributed by atoms with Gasteiger partial charge in [-0.1, -0.05) is 6.07 Å². The normalized spacial score (nSPS) is 12.8. The molecule has 9 heteroatoms. The highest BCUT2D eigenvalue weighted by Gasteiger charge is 2.16. The average Bonchev–Trinajstić information content (AvgIpc) is 3.15. The van der Waals surface area contributed by atoms with E-state index in [1.807, 2.05) is 46.6 Å². The van der Waals surface area contributed by atoms with Gasteiger partial charge in [-0.25, -0.2) is 4.98 Å². The summed E-state index contributed by atoms with van der Waals surface area (Å²) in [6, 6.07) is 5.83. The van der Waals surface area contributed by atoms with Crippen molar-refractivity contribution < 1.29 is 4.79 Å². The second-order valence-corrected chi connectivity index (χ2v) is 5.81. The number of aromatic nitrogens is 4. The van der Waals surface area contributed by atoms with Gasteiger partial charge < -0.3 is 15.0 Å². The number of carbonyl (C=O) groups is 1. The van der Waals surface area contributed by atoms with Crippen molar-refractivity contribution in [2.75, 3.05) is 6.54 Å². The number of fused-ring (bicyclic) bond motifs is 2. The number of aryl methyl sites for hydroxylation is 1. The molecular weight excluding hydrogens is 363 g/mol. The third-order valence-electron chi connectivity index (χ3n) is 3.98. The van der Waals surface area contributed by atoms with Crippen LogP contribution in [0, 0.1) is 6.92 Å². The number of pyridine rings is 1. The Hall–Kier alpha value is -2.09. The Bertz CT molecular complexity index is 865. The second kappa shape index (κ2) is 7.86. The third kappa shape index (κ3) is 3.95. The van der Waals surface area contributed by atoms with Gasteiger partial charge in [-0.15, -0.1) is 24.8 Å². The van der Waals surface area contributed by atoms with Crippen molar-refractivity contribution >= 4 is 36.4 Å². The van der Waals surface area contributed by atoms with Crippen LogP contribution in [0.2, 0.25) is 0 Å². The molecule has 0 bridgehead atoms. The van der Waals surface area contributed by atoms with Crippen LogP contribution in [-0.2, 0) is 19.6 Å². The minimum Gasteiger partial charge on any atom is -0.345 e. The third-order valence-corrected chi connectivity index (χ3v) is 3.98. The van der Waals surface area contributed by atoms with E-state index in [-0.39, 0.29) is 30.7 Å². The van der Waals surface area contributed by atoms with Crippen LogP contribution in [0.3, 0.4) is 0 Å². The van der Waals surface area contributed by atoms with Crippen molar-refractivity contribution in [1.29, 1.82) is 0 Å². The smallest absolute Gasteiger partial charge is 0.272 e. The summed E-state index contributed by atoms with van der Waals surface area (Å²) in [6.45, 7) is 4.87. The van der Waals surface area contributed by atoms with Gasteiger partial charge in [-0.2, -0.15) is 5.10 Å². The predicted molar refractivity (Wildman–Crippen MR) is 99.5 cm³/mol. The summed E-state index contributed by atoms with van der Waals surface area (Å²) in [4.78, 5) is 16.8. The lowest BCUT2D eigenvalue weighted by atomic mass is 10.3. The first-order valence-electron chi connectivity index (χ1n) is 7.69. The SMILES string of the molecule is Cc1ccc2nc(CNC(=O)c3cc4n(n3)CCNC4)cn2c1.Cl.Cl. The predicted octanol–water partition coefficient (Wildman–Crippen LogP) is 1.72. The van der Waals surface area contributed by atoms with E-state index in [0.717, 1.165) is 36.7 Å². The van der Waals surface area contributed by atoms with Gasteiger partial charge >= 0.3 is 0 Å². The van der Waals surface area contributed by atoms with Gasteiger partial charge in [0.1, 0.15) is 5.65 Å². The zero-order valence-corrected chi connectivity index (χ0v) is 15.4. The number of rotatable bonds is 3. The molecule has 7 nitrogen and oxygen atoms in total. The molecule has 1 aliphatic rings. The van der Waals surface area contributed by atoms with E-state index < -0.39 is 0 Å². The van der Waals surface area contributed by atoms with E-state index in [2.05, 4.69) is 20.7 Å². The Morgan fingerprint density at radius 1 is 1.32 bits per heavy atom. The molecule has 0 saturated heterocycles. The molecule has 0 saturated carbocycles. The molecule has 0 unspecified atom stereocenters. The van der Waals surface area contributed by atoms with Crippen LogP contribution < -0.4 is 10.6 Å². The quantitative estimate of drug-likeness (QED) is 0.722. The van der Waals surface area contributed by atoms with Gasteiger partial charge in [0.15, 0.2) is 5.69 Å². The highest BCUT2D eigenvalue weighted by Crippen LogP contribution is 2.09. The Morgan fingerprint density at radius 3 is 2.96 bits per heavy atom. The van der Waals surface area contributed by atoms with Gasteiger partial charge in [0.2, 0.25) is 0 Å². The monoisotopic (exact) mass is 382 g/mol. The van der Waals surface area contributed by atoms with Crippen LogP contribution >= 0.6 is 24.8 Å². The van der Waals surface area contributed by atoms with E-state index in [9.17, 15) is 4.79 Å². The van der Waals surface area contributed by atoms with E-state index in [4.69, 9.17) is 0 Å². The maximum atomic E-state index is 12.3. The molecule has 3 aromatic heterocycles. The average molecular weight is 383 g/mol. The van der Waals surface area contributed by atoms with E-state index in [0.29, 0.717) is 12.2 Å². The first-order valence-corrected chi connectivity index (χ1v) is 7.69. The van der Waals surface area contributed by atoms with Crippen molar-refractivity contribution in [3.8, 4) is 0 Å². The van der Waals surface area contributed by atoms with Crippen LogP contribution in [0.4, 0.5) is 0 Å². The standard InChI is InChI=1S/C16H18N6O.2ClH/c1-11-2-3-15-19-12(10-21(15)9-11)7-18-16(23)14-6-13-8-17-4-5-22(13)20-14;;/h2-3,6,9-10,17H,4-5,7-8H2,1H3,(H,18,23);2*1H. The summed E-state index contributed by atoms with van der Waals surface area (Å²) in [5.41, 5.74) is 4.38. The fourth-order valence-electron chi connectivity index (χ4n) is 2.81. The van der Waals surface area contributed by atoms with Gasteiger partial charge in [0.05, 0.1) is 24.5 Å². The molecule has 25 heavy (non-hydrogen) atoms. The van der Waals surface area contributed by atoms with Crippen molar-refractivity contribution in [3.05, 3.63) is 53.2 Å². The molecule has 134 valence electrons. The summed E-state index contributed by atoms with van der Waals surface area (Å²) in [7, 11) is 0. The number of halogens is 2. The summed E-state index contributed by atoms with van der Waals surface area (Å²) >= 11 is 0. The minimum absolute atomic E-state index is 0. The Balaban J connectivity index is 0.00000113. The number of nitrogens with one attached hydrogen (secondary N) is 2. The highest BCUT2D eigenvalue weighted by molar-refractivity contribution is 5.92. The number of hydrogen-bond donors (Lipinski definition) is 2. The van der Waals surface area contributed by atoms with Gasteiger partial charge in [-0.3, -0.25) is 9.48 Å². The molecule has 1 aliphatic heterocycles. The second-order valence-electron chi connectivity index (χ2n) is 5.81. The first-order chi connectivity index (χ1) is 11.2. The van der Waals surface area contributed by atoms with Crippen molar-refractivity contribution in [1.82, 2.24) is 29.8 Å². The first kappa shape index (κ1) is 19.2. The molecule has 0 spiro atoms. The van der Waals surface area contributed by atoms with Crippen LogP contribution in [0.15, 0.2) is 30.6 Å². The molecular formula is C16H20Cl2N6O. The van der Waals surface area contributed by atoms with Crippen molar-refractivity contribution in [2.24, 2.45) is 0 Å². The zero-order chi connectivity index (χ0) is 15.8. The topological polar surface area (TPSA) is 76.2 Å². The molecule has 2 N–H and O–H groups in total. The van der Waals surface area contributed by atoms with Crippen LogP contribution in [0.5, 0.6) is 0 Å². The largest absolute Gasteiger partial charge is 0.345 e. The lowest BCUT2D eigenvalue weighted by molar-refractivity contribution is 0.0944. The van der Waals surface area contributed by atoms with Crippen LogP contribution in [-0.4, -0.2) is 31.6 Å². The van der Waals surface area contributed by atoms with Crippen molar-refractivity contribution in [2.45, 2.75) is 26.6 Å². The van der Waals surface area contributed by atoms with E-state index >= 15 is 0 Å². The van der Waals surface area contributed by atoms with Crippen LogP contribution in [0.1, 0.15) is 27.4 Å². The summed E-state index contributed by atoms with van der Waals surface area (Å²) < 4.78 is 3.86. The molecule has 4 rings (SSSR count). The Kier molecular flexibility index (Phi) is 6.05. The van der Waals surface area contributed by atoms with E-state index in [1.54, 1.807) is 0 Å². The molecule has 3 aromatic rings. The maximum absolute atomic E-state index is 12.3. The number of carbonyl (C=O) groups excluding carboxylic acids is 1. The lowest BCUT2D eigenvalue weighted by Gasteiger charge is -2.13. The van der Waals surface area contributed by atoms with Gasteiger partial charge in [0, 0.05) is 25.5 Å². The highest BCUT2D eigenvalue weighted by atomic mass is 35.5. The number of amides is 1. The maximum Gasteiger partial charge on any atom is 0.272 e.